The summed E-state index contributed by atoms with van der Waals surface area (Å²) < 4.78 is 12.0. The second kappa shape index (κ2) is 8.71. The van der Waals surface area contributed by atoms with E-state index in [1.807, 2.05) is 17.6 Å². The van der Waals surface area contributed by atoms with Crippen LogP contribution in [0.4, 0.5) is 0 Å². The first-order chi connectivity index (χ1) is 13.2. The summed E-state index contributed by atoms with van der Waals surface area (Å²) in [6, 6.07) is 4.48. The van der Waals surface area contributed by atoms with Gasteiger partial charge in [-0.1, -0.05) is 37.3 Å². The van der Waals surface area contributed by atoms with Gasteiger partial charge >= 0.3 is 0 Å². The molecule has 2 atom stereocenters. The van der Waals surface area contributed by atoms with Crippen LogP contribution in [0.3, 0.4) is 0 Å². The Labute approximate surface area is 167 Å². The van der Waals surface area contributed by atoms with Crippen LogP contribution in [-0.4, -0.2) is 29.6 Å². The van der Waals surface area contributed by atoms with Gasteiger partial charge in [-0.05, 0) is 69.6 Å². The van der Waals surface area contributed by atoms with Gasteiger partial charge in [-0.2, -0.15) is 0 Å². The first-order valence-corrected chi connectivity index (χ1v) is 12.0. The topological polar surface area (TPSA) is 43.3 Å². The van der Waals surface area contributed by atoms with E-state index in [1.54, 1.807) is 11.9 Å². The highest BCUT2D eigenvalue weighted by Gasteiger charge is 2.34. The number of fused-ring (bicyclic) bond motifs is 1. The summed E-state index contributed by atoms with van der Waals surface area (Å²) in [5, 5.41) is 0. The van der Waals surface area contributed by atoms with Crippen molar-refractivity contribution in [1.82, 2.24) is 9.29 Å². The molecule has 0 amide bonds. The third-order valence-electron chi connectivity index (χ3n) is 7.21. The van der Waals surface area contributed by atoms with E-state index in [2.05, 4.69) is 17.0 Å². The van der Waals surface area contributed by atoms with Crippen molar-refractivity contribution in [1.29, 1.82) is 0 Å². The molecule has 0 saturated heterocycles. The van der Waals surface area contributed by atoms with E-state index < -0.39 is 0 Å². The second-order valence-electron chi connectivity index (χ2n) is 8.78. The van der Waals surface area contributed by atoms with Crippen molar-refractivity contribution in [2.24, 2.45) is 11.8 Å². The summed E-state index contributed by atoms with van der Waals surface area (Å²) in [4.78, 5) is 12.9. The maximum absolute atomic E-state index is 12.9. The monoisotopic (exact) mass is 390 g/mol. The van der Waals surface area contributed by atoms with Gasteiger partial charge in [-0.15, -0.1) is 0 Å². The summed E-state index contributed by atoms with van der Waals surface area (Å²) in [7, 11) is 0. The Morgan fingerprint density at radius 1 is 1.11 bits per heavy atom. The molecule has 1 N–H and O–H groups in total. The smallest absolute Gasteiger partial charge is 0.254 e. The molecule has 0 spiro atoms. The summed E-state index contributed by atoms with van der Waals surface area (Å²) >= 11 is 1.65. The van der Waals surface area contributed by atoms with Crippen molar-refractivity contribution >= 4 is 11.9 Å². The minimum absolute atomic E-state index is 0.0953. The van der Waals surface area contributed by atoms with Crippen LogP contribution < -0.4 is 10.3 Å². The lowest BCUT2D eigenvalue weighted by Gasteiger charge is -2.39. The molecule has 2 saturated carbocycles. The maximum atomic E-state index is 12.9. The number of nitrogens with one attached hydrogen (secondary N) is 1. The summed E-state index contributed by atoms with van der Waals surface area (Å²) in [6.07, 6.45) is 13.9. The van der Waals surface area contributed by atoms with Gasteiger partial charge in [0.25, 0.3) is 5.56 Å². The van der Waals surface area contributed by atoms with Crippen molar-refractivity contribution in [2.45, 2.75) is 82.9 Å². The van der Waals surface area contributed by atoms with Crippen LogP contribution in [0.15, 0.2) is 16.9 Å². The molecule has 1 aliphatic heterocycles. The minimum atomic E-state index is 0.0953. The molecule has 3 aliphatic rings. The van der Waals surface area contributed by atoms with Crippen LogP contribution in [-0.2, 0) is 11.2 Å². The van der Waals surface area contributed by atoms with Crippen LogP contribution in [0, 0.1) is 18.8 Å². The third-order valence-corrected chi connectivity index (χ3v) is 7.74. The first-order valence-electron chi connectivity index (χ1n) is 10.8. The van der Waals surface area contributed by atoms with Gasteiger partial charge in [0.15, 0.2) is 0 Å². The highest BCUT2D eigenvalue weighted by molar-refractivity contribution is 7.96. The Hall–Kier alpha value is -0.780. The van der Waals surface area contributed by atoms with Gasteiger partial charge in [0.05, 0.1) is 18.8 Å². The zero-order valence-corrected chi connectivity index (χ0v) is 17.6. The van der Waals surface area contributed by atoms with Crippen molar-refractivity contribution < 1.29 is 4.74 Å². The average Bonchev–Trinajstić information content (AvgIpc) is 2.64. The Bertz CT molecular complexity index is 692. The lowest BCUT2D eigenvalue weighted by molar-refractivity contribution is -0.0161. The maximum Gasteiger partial charge on any atom is 0.254 e. The first kappa shape index (κ1) is 19.5. The zero-order chi connectivity index (χ0) is 18.8. The third kappa shape index (κ3) is 4.15. The number of nitrogens with zero attached hydrogens (tertiary/aromatic N) is 1. The number of ether oxygens (including phenoxy) is 1. The number of hydrogen-bond donors (Lipinski definition) is 1. The molecule has 4 rings (SSSR count). The Morgan fingerprint density at radius 3 is 2.52 bits per heavy atom. The second-order valence-corrected chi connectivity index (χ2v) is 9.42. The van der Waals surface area contributed by atoms with E-state index in [9.17, 15) is 4.79 Å². The molecule has 2 unspecified atom stereocenters. The van der Waals surface area contributed by atoms with E-state index in [0.717, 1.165) is 35.9 Å². The number of aromatic nitrogens is 1. The quantitative estimate of drug-likeness (QED) is 0.737. The lowest BCUT2D eigenvalue weighted by Crippen LogP contribution is -2.46. The molecule has 2 heterocycles. The van der Waals surface area contributed by atoms with E-state index in [-0.39, 0.29) is 11.6 Å². The molecule has 0 bridgehead atoms. The molecule has 0 radical (unpaired) electrons. The van der Waals surface area contributed by atoms with Gasteiger partial charge < -0.3 is 9.30 Å². The van der Waals surface area contributed by atoms with Crippen molar-refractivity contribution in [3.8, 4) is 0 Å². The fourth-order valence-corrected chi connectivity index (χ4v) is 5.87. The van der Waals surface area contributed by atoms with Crippen LogP contribution in [0.1, 0.15) is 68.7 Å². The van der Waals surface area contributed by atoms with Crippen LogP contribution in [0.2, 0.25) is 0 Å². The summed E-state index contributed by atoms with van der Waals surface area (Å²) in [5.41, 5.74) is 2.14. The predicted octanol–water partition coefficient (Wildman–Crippen LogP) is 4.26. The Balaban J connectivity index is 1.42. The summed E-state index contributed by atoms with van der Waals surface area (Å²) in [6.45, 7) is 2.56. The van der Waals surface area contributed by atoms with Gasteiger partial charge in [0.1, 0.15) is 0 Å². The largest absolute Gasteiger partial charge is 0.376 e. The molecule has 27 heavy (non-hydrogen) atoms. The highest BCUT2D eigenvalue weighted by Crippen LogP contribution is 2.41. The average molecular weight is 391 g/mol. The van der Waals surface area contributed by atoms with E-state index in [0.29, 0.717) is 18.8 Å². The number of rotatable bonds is 6. The Morgan fingerprint density at radius 2 is 1.85 bits per heavy atom. The van der Waals surface area contributed by atoms with Crippen molar-refractivity contribution in [3.05, 3.63) is 33.7 Å². The van der Waals surface area contributed by atoms with Crippen LogP contribution >= 0.6 is 11.9 Å². The van der Waals surface area contributed by atoms with Crippen molar-refractivity contribution in [3.63, 3.8) is 0 Å². The zero-order valence-electron chi connectivity index (χ0n) is 16.8. The standard InChI is InChI=1S/C22H34N2O2S/c1-15-6-9-18-10-13-20(23-27-2)21(24(18)22(15)25)14-26-19-11-7-17(8-12-19)16-4-3-5-16/h6,9,16-17,19-21,23H,3-5,7-8,10-14H2,1-2H3. The van der Waals surface area contributed by atoms with E-state index in [1.165, 1.54) is 44.9 Å². The molecule has 5 heteroatoms. The molecule has 1 aromatic rings. The highest BCUT2D eigenvalue weighted by atomic mass is 32.2. The molecule has 0 aromatic carbocycles. The molecule has 4 nitrogen and oxygen atoms in total. The molecule has 1 aromatic heterocycles. The van der Waals surface area contributed by atoms with Gasteiger partial charge in [0, 0.05) is 17.3 Å². The predicted molar refractivity (Wildman–Crippen MR) is 112 cm³/mol. The van der Waals surface area contributed by atoms with Gasteiger partial charge in [0.2, 0.25) is 0 Å². The SMILES string of the molecule is CSNC1CCc2ccc(C)c(=O)n2C1COC1CCC(C2CCC2)CC1. The van der Waals surface area contributed by atoms with Gasteiger partial charge in [-0.3, -0.25) is 9.52 Å². The minimum Gasteiger partial charge on any atom is -0.376 e. The number of pyridine rings is 1. The fraction of sp³-hybridized carbons (Fsp3) is 0.773. The summed E-state index contributed by atoms with van der Waals surface area (Å²) in [5.74, 6) is 1.96. The Kier molecular flexibility index (Phi) is 6.30. The van der Waals surface area contributed by atoms with E-state index >= 15 is 0 Å². The number of hydrogen-bond acceptors (Lipinski definition) is 4. The van der Waals surface area contributed by atoms with Gasteiger partial charge in [-0.25, -0.2) is 0 Å². The molecule has 2 fully saturated rings. The van der Waals surface area contributed by atoms with Crippen molar-refractivity contribution in [2.75, 3.05) is 12.9 Å². The molecule has 150 valence electrons. The molecular formula is C22H34N2O2S. The molecular weight excluding hydrogens is 356 g/mol. The molecule has 2 aliphatic carbocycles. The number of aryl methyl sites for hydroxylation is 2. The van der Waals surface area contributed by atoms with Crippen LogP contribution in [0.5, 0.6) is 0 Å². The fourth-order valence-electron chi connectivity index (χ4n) is 5.29. The lowest BCUT2D eigenvalue weighted by atomic mass is 9.70. The van der Waals surface area contributed by atoms with E-state index in [4.69, 9.17) is 4.74 Å². The van der Waals surface area contributed by atoms with Crippen LogP contribution in [0.25, 0.3) is 0 Å². The normalized spacial score (nSPS) is 31.3.